The third kappa shape index (κ3) is 3.49. The van der Waals surface area contributed by atoms with Gasteiger partial charge >= 0.3 is 0 Å². The molecule has 2 aromatic rings. The van der Waals surface area contributed by atoms with Crippen LogP contribution < -0.4 is 0 Å². The van der Waals surface area contributed by atoms with Crippen molar-refractivity contribution in [2.45, 2.75) is 38.8 Å². The van der Waals surface area contributed by atoms with Crippen LogP contribution in [0.5, 0.6) is 0 Å². The first kappa shape index (κ1) is 13.4. The van der Waals surface area contributed by atoms with Crippen molar-refractivity contribution >= 4 is 0 Å². The second-order valence-electron chi connectivity index (χ2n) is 5.60. The SMILES string of the molecule is c1ccc(CN(Cc2ccccc2)[C]2CCCC2)cc1. The molecule has 1 nitrogen and oxygen atoms in total. The average molecular weight is 264 g/mol. The van der Waals surface area contributed by atoms with Gasteiger partial charge in [-0.1, -0.05) is 73.5 Å². The Labute approximate surface area is 122 Å². The Bertz CT molecular complexity index is 458. The molecule has 0 aliphatic heterocycles. The van der Waals surface area contributed by atoms with Crippen LogP contribution in [0.3, 0.4) is 0 Å². The maximum absolute atomic E-state index is 2.58. The summed E-state index contributed by atoms with van der Waals surface area (Å²) in [4.78, 5) is 2.58. The van der Waals surface area contributed by atoms with Crippen LogP contribution in [0.1, 0.15) is 36.8 Å². The van der Waals surface area contributed by atoms with Crippen molar-refractivity contribution in [3.05, 3.63) is 77.8 Å². The highest BCUT2D eigenvalue weighted by Crippen LogP contribution is 2.32. The van der Waals surface area contributed by atoms with Gasteiger partial charge in [-0.25, -0.2) is 0 Å². The molecule has 1 fully saturated rings. The summed E-state index contributed by atoms with van der Waals surface area (Å²) in [6.07, 6.45) is 5.27. The van der Waals surface area contributed by atoms with E-state index in [0.717, 1.165) is 13.1 Å². The summed E-state index contributed by atoms with van der Waals surface area (Å²) in [6, 6.07) is 23.3. The molecule has 0 atom stereocenters. The van der Waals surface area contributed by atoms with Crippen molar-refractivity contribution in [2.24, 2.45) is 0 Å². The molecule has 0 aromatic heterocycles. The smallest absolute Gasteiger partial charge is 0.0400 e. The lowest BCUT2D eigenvalue weighted by Gasteiger charge is -2.28. The average Bonchev–Trinajstić information content (AvgIpc) is 3.03. The molecule has 1 saturated carbocycles. The molecule has 103 valence electrons. The van der Waals surface area contributed by atoms with E-state index in [4.69, 9.17) is 0 Å². The van der Waals surface area contributed by atoms with E-state index in [1.165, 1.54) is 36.8 Å². The summed E-state index contributed by atoms with van der Waals surface area (Å²) in [7, 11) is 0. The van der Waals surface area contributed by atoms with E-state index < -0.39 is 0 Å². The Kier molecular flexibility index (Phi) is 4.49. The zero-order valence-electron chi connectivity index (χ0n) is 12.0. The van der Waals surface area contributed by atoms with Gasteiger partial charge in [-0.15, -0.1) is 0 Å². The zero-order chi connectivity index (χ0) is 13.6. The molecule has 1 aliphatic rings. The van der Waals surface area contributed by atoms with E-state index in [1.807, 2.05) is 0 Å². The Morgan fingerprint density at radius 3 is 1.55 bits per heavy atom. The van der Waals surface area contributed by atoms with Gasteiger partial charge in [0.25, 0.3) is 0 Å². The Balaban J connectivity index is 1.73. The number of benzene rings is 2. The quantitative estimate of drug-likeness (QED) is 0.750. The molecule has 1 radical (unpaired) electrons. The van der Waals surface area contributed by atoms with Crippen molar-refractivity contribution in [2.75, 3.05) is 0 Å². The number of hydrogen-bond donors (Lipinski definition) is 0. The highest BCUT2D eigenvalue weighted by molar-refractivity contribution is 5.18. The molecule has 0 saturated heterocycles. The van der Waals surface area contributed by atoms with Gasteiger partial charge in [0.2, 0.25) is 0 Å². The number of nitrogens with zero attached hydrogens (tertiary/aromatic N) is 1. The van der Waals surface area contributed by atoms with Crippen molar-refractivity contribution in [3.8, 4) is 0 Å². The predicted molar refractivity (Wildman–Crippen MR) is 83.8 cm³/mol. The van der Waals surface area contributed by atoms with Gasteiger partial charge in [-0.3, -0.25) is 4.90 Å². The van der Waals surface area contributed by atoms with E-state index in [2.05, 4.69) is 65.6 Å². The molecule has 2 aromatic carbocycles. The zero-order valence-corrected chi connectivity index (χ0v) is 12.0. The molecule has 1 aliphatic carbocycles. The van der Waals surface area contributed by atoms with Crippen molar-refractivity contribution < 1.29 is 0 Å². The summed E-state index contributed by atoms with van der Waals surface area (Å²) >= 11 is 0. The number of hydrogen-bond acceptors (Lipinski definition) is 1. The lowest BCUT2D eigenvalue weighted by Crippen LogP contribution is -2.26. The first-order valence-corrected chi connectivity index (χ1v) is 7.59. The maximum Gasteiger partial charge on any atom is 0.0400 e. The lowest BCUT2D eigenvalue weighted by molar-refractivity contribution is 0.259. The fraction of sp³-hybridized carbons (Fsp3) is 0.316. The van der Waals surface area contributed by atoms with Gasteiger partial charge in [0.05, 0.1) is 0 Å². The monoisotopic (exact) mass is 264 g/mol. The van der Waals surface area contributed by atoms with Crippen LogP contribution in [-0.4, -0.2) is 4.90 Å². The van der Waals surface area contributed by atoms with Gasteiger partial charge in [0.15, 0.2) is 0 Å². The highest BCUT2D eigenvalue weighted by Gasteiger charge is 2.23. The van der Waals surface area contributed by atoms with Crippen LogP contribution >= 0.6 is 0 Å². The highest BCUT2D eigenvalue weighted by atomic mass is 15.2. The third-order valence-corrected chi connectivity index (χ3v) is 4.06. The fourth-order valence-corrected chi connectivity index (χ4v) is 2.99. The topological polar surface area (TPSA) is 3.24 Å². The van der Waals surface area contributed by atoms with Gasteiger partial charge in [0, 0.05) is 19.1 Å². The minimum Gasteiger partial charge on any atom is -0.287 e. The standard InChI is InChI=1S/C19H22N/c1-3-9-17(10-4-1)15-20(19-13-7-8-14-19)16-18-11-5-2-6-12-18/h1-6,9-12H,7-8,13-16H2. The summed E-state index contributed by atoms with van der Waals surface area (Å²) in [5, 5.41) is 0. The van der Waals surface area contributed by atoms with Crippen LogP contribution in [0.15, 0.2) is 60.7 Å². The largest absolute Gasteiger partial charge is 0.287 e. The Morgan fingerprint density at radius 2 is 1.10 bits per heavy atom. The molecule has 20 heavy (non-hydrogen) atoms. The second kappa shape index (κ2) is 6.71. The van der Waals surface area contributed by atoms with E-state index >= 15 is 0 Å². The van der Waals surface area contributed by atoms with E-state index in [0.29, 0.717) is 0 Å². The van der Waals surface area contributed by atoms with E-state index in [9.17, 15) is 0 Å². The lowest BCUT2D eigenvalue weighted by atomic mass is 10.1. The maximum atomic E-state index is 2.58. The molecular weight excluding hydrogens is 242 g/mol. The summed E-state index contributed by atoms with van der Waals surface area (Å²) in [6.45, 7) is 2.07. The Morgan fingerprint density at radius 1 is 0.650 bits per heavy atom. The predicted octanol–water partition coefficient (Wildman–Crippen LogP) is 4.79. The van der Waals surface area contributed by atoms with Crippen molar-refractivity contribution in [1.29, 1.82) is 0 Å². The minimum absolute atomic E-state index is 1.03. The fourth-order valence-electron chi connectivity index (χ4n) is 2.99. The van der Waals surface area contributed by atoms with Crippen LogP contribution in [0.2, 0.25) is 0 Å². The molecule has 1 heteroatoms. The van der Waals surface area contributed by atoms with E-state index in [-0.39, 0.29) is 0 Å². The summed E-state index contributed by atoms with van der Waals surface area (Å²) in [5.74, 6) is 0. The van der Waals surface area contributed by atoms with Gasteiger partial charge in [0.1, 0.15) is 0 Å². The molecule has 0 amide bonds. The van der Waals surface area contributed by atoms with Crippen LogP contribution in [0.25, 0.3) is 0 Å². The molecule has 0 N–H and O–H groups in total. The van der Waals surface area contributed by atoms with Gasteiger partial charge in [-0.2, -0.15) is 0 Å². The first-order valence-electron chi connectivity index (χ1n) is 7.59. The van der Waals surface area contributed by atoms with Crippen LogP contribution in [-0.2, 0) is 13.1 Å². The minimum atomic E-state index is 1.03. The summed E-state index contributed by atoms with van der Waals surface area (Å²) < 4.78 is 0. The molecule has 0 unspecified atom stereocenters. The molecular formula is C19H22N. The molecule has 3 rings (SSSR count). The molecule has 0 bridgehead atoms. The van der Waals surface area contributed by atoms with Gasteiger partial charge in [-0.05, 0) is 24.0 Å². The third-order valence-electron chi connectivity index (χ3n) is 4.06. The van der Waals surface area contributed by atoms with Crippen LogP contribution in [0, 0.1) is 6.04 Å². The van der Waals surface area contributed by atoms with E-state index in [1.54, 1.807) is 6.04 Å². The normalized spacial score (nSPS) is 15.8. The summed E-state index contributed by atoms with van der Waals surface area (Å²) in [5.41, 5.74) is 2.81. The number of rotatable bonds is 5. The molecule has 0 heterocycles. The van der Waals surface area contributed by atoms with Crippen molar-refractivity contribution in [1.82, 2.24) is 4.90 Å². The van der Waals surface area contributed by atoms with Gasteiger partial charge < -0.3 is 0 Å². The first-order chi connectivity index (χ1) is 9.92. The van der Waals surface area contributed by atoms with Crippen LogP contribution in [0.4, 0.5) is 0 Å². The second-order valence-corrected chi connectivity index (χ2v) is 5.60. The Hall–Kier alpha value is -1.60. The molecule has 0 spiro atoms. The van der Waals surface area contributed by atoms with Crippen molar-refractivity contribution in [3.63, 3.8) is 0 Å².